The average Bonchev–Trinajstić information content (AvgIpc) is 2.20. The first-order valence-corrected chi connectivity index (χ1v) is 3.78. The summed E-state index contributed by atoms with van der Waals surface area (Å²) in [7, 11) is 1.25. The van der Waals surface area contributed by atoms with Crippen molar-refractivity contribution in [3.8, 4) is 6.07 Å². The summed E-state index contributed by atoms with van der Waals surface area (Å²) in [5, 5.41) is 8.49. The normalized spacial score (nSPS) is 9.21. The monoisotopic (exact) mass is 194 g/mol. The summed E-state index contributed by atoms with van der Waals surface area (Å²) in [5.74, 6) is -1.29. The average molecular weight is 194 g/mol. The second kappa shape index (κ2) is 4.33. The van der Waals surface area contributed by atoms with Gasteiger partial charge in [-0.15, -0.1) is 0 Å². The van der Waals surface area contributed by atoms with Crippen LogP contribution in [0.3, 0.4) is 0 Å². The van der Waals surface area contributed by atoms with E-state index in [0.717, 1.165) is 0 Å². The van der Waals surface area contributed by atoms with E-state index in [1.54, 1.807) is 6.07 Å². The standard InChI is InChI=1S/C9H7FN2O2/c1-14-8(13)3-6-2-7(4-11)9(10)12-5-6/h2,5H,3H2,1H3. The number of hydrogen-bond donors (Lipinski definition) is 0. The second-order valence-corrected chi connectivity index (χ2v) is 2.55. The van der Waals surface area contributed by atoms with Gasteiger partial charge in [0.1, 0.15) is 11.6 Å². The number of ether oxygens (including phenoxy) is 1. The Kier molecular flexibility index (Phi) is 3.13. The van der Waals surface area contributed by atoms with E-state index in [-0.39, 0.29) is 12.0 Å². The van der Waals surface area contributed by atoms with E-state index in [0.29, 0.717) is 5.56 Å². The predicted octanol–water partition coefficient (Wildman–Crippen LogP) is 0.808. The van der Waals surface area contributed by atoms with Crippen molar-refractivity contribution in [2.45, 2.75) is 6.42 Å². The fourth-order valence-electron chi connectivity index (χ4n) is 0.905. The van der Waals surface area contributed by atoms with Crippen molar-refractivity contribution in [1.82, 2.24) is 4.98 Å². The number of nitrogens with zero attached hydrogens (tertiary/aromatic N) is 2. The zero-order valence-electron chi connectivity index (χ0n) is 7.45. The van der Waals surface area contributed by atoms with Gasteiger partial charge in [-0.05, 0) is 11.6 Å². The van der Waals surface area contributed by atoms with Crippen molar-refractivity contribution in [1.29, 1.82) is 5.26 Å². The molecule has 0 aliphatic carbocycles. The number of pyridine rings is 1. The first kappa shape index (κ1) is 10.1. The quantitative estimate of drug-likeness (QED) is 0.516. The van der Waals surface area contributed by atoms with E-state index in [9.17, 15) is 9.18 Å². The van der Waals surface area contributed by atoms with Crippen molar-refractivity contribution in [3.05, 3.63) is 29.3 Å². The van der Waals surface area contributed by atoms with Crippen LogP contribution in [0.2, 0.25) is 0 Å². The zero-order valence-corrected chi connectivity index (χ0v) is 7.45. The molecule has 0 aliphatic rings. The summed E-state index contributed by atoms with van der Waals surface area (Å²) in [4.78, 5) is 14.2. The van der Waals surface area contributed by atoms with Gasteiger partial charge >= 0.3 is 5.97 Å². The van der Waals surface area contributed by atoms with Crippen molar-refractivity contribution in [2.75, 3.05) is 7.11 Å². The van der Waals surface area contributed by atoms with Crippen LogP contribution in [0.5, 0.6) is 0 Å². The maximum Gasteiger partial charge on any atom is 0.310 e. The Hall–Kier alpha value is -1.96. The third-order valence-electron chi connectivity index (χ3n) is 1.59. The van der Waals surface area contributed by atoms with E-state index in [1.165, 1.54) is 19.4 Å². The number of methoxy groups -OCH3 is 1. The predicted molar refractivity (Wildman–Crippen MR) is 44.6 cm³/mol. The van der Waals surface area contributed by atoms with Crippen LogP contribution >= 0.6 is 0 Å². The Bertz CT molecular complexity index is 398. The Balaban J connectivity index is 2.91. The Labute approximate surface area is 79.9 Å². The van der Waals surface area contributed by atoms with Gasteiger partial charge in [-0.2, -0.15) is 9.65 Å². The van der Waals surface area contributed by atoms with Crippen molar-refractivity contribution < 1.29 is 13.9 Å². The molecule has 0 N–H and O–H groups in total. The fraction of sp³-hybridized carbons (Fsp3) is 0.222. The number of esters is 1. The maximum atomic E-state index is 12.7. The van der Waals surface area contributed by atoms with Crippen molar-refractivity contribution >= 4 is 5.97 Å². The van der Waals surface area contributed by atoms with Crippen LogP contribution in [0.1, 0.15) is 11.1 Å². The van der Waals surface area contributed by atoms with Gasteiger partial charge in [-0.25, -0.2) is 4.98 Å². The lowest BCUT2D eigenvalue weighted by Crippen LogP contribution is -2.05. The summed E-state index contributed by atoms with van der Waals surface area (Å²) >= 11 is 0. The molecule has 4 nitrogen and oxygen atoms in total. The number of halogens is 1. The van der Waals surface area contributed by atoms with Crippen molar-refractivity contribution in [3.63, 3.8) is 0 Å². The van der Waals surface area contributed by atoms with E-state index in [4.69, 9.17) is 5.26 Å². The summed E-state index contributed by atoms with van der Waals surface area (Å²) in [6.07, 6.45) is 1.19. The van der Waals surface area contributed by atoms with Gasteiger partial charge in [0.25, 0.3) is 0 Å². The van der Waals surface area contributed by atoms with Gasteiger partial charge in [-0.3, -0.25) is 4.79 Å². The van der Waals surface area contributed by atoms with Gasteiger partial charge < -0.3 is 4.74 Å². The van der Waals surface area contributed by atoms with E-state index in [1.807, 2.05) is 0 Å². The van der Waals surface area contributed by atoms with Crippen LogP contribution in [0.4, 0.5) is 4.39 Å². The molecule has 72 valence electrons. The molecule has 0 atom stereocenters. The highest BCUT2D eigenvalue weighted by Crippen LogP contribution is 2.07. The molecule has 5 heteroatoms. The highest BCUT2D eigenvalue weighted by atomic mass is 19.1. The molecule has 0 radical (unpaired) electrons. The minimum atomic E-state index is -0.832. The number of hydrogen-bond acceptors (Lipinski definition) is 4. The van der Waals surface area contributed by atoms with Gasteiger partial charge in [0, 0.05) is 6.20 Å². The lowest BCUT2D eigenvalue weighted by Gasteiger charge is -1.99. The molecule has 0 spiro atoms. The van der Waals surface area contributed by atoms with Crippen LogP contribution in [0.15, 0.2) is 12.3 Å². The summed E-state index contributed by atoms with van der Waals surface area (Å²) < 4.78 is 17.2. The molecule has 1 rings (SSSR count). The van der Waals surface area contributed by atoms with Crippen LogP contribution < -0.4 is 0 Å². The van der Waals surface area contributed by atoms with Gasteiger partial charge in [-0.1, -0.05) is 0 Å². The molecule has 1 heterocycles. The molecule has 0 bridgehead atoms. The molecule has 0 aliphatic heterocycles. The number of aromatic nitrogens is 1. The SMILES string of the molecule is COC(=O)Cc1cnc(F)c(C#N)c1. The maximum absolute atomic E-state index is 12.7. The molecule has 0 saturated heterocycles. The highest BCUT2D eigenvalue weighted by molar-refractivity contribution is 5.72. The molecule has 1 aromatic heterocycles. The summed E-state index contributed by atoms with van der Waals surface area (Å²) in [5.41, 5.74) is 0.279. The Morgan fingerprint density at radius 1 is 1.79 bits per heavy atom. The smallest absolute Gasteiger partial charge is 0.310 e. The van der Waals surface area contributed by atoms with Gasteiger partial charge in [0.2, 0.25) is 5.95 Å². The van der Waals surface area contributed by atoms with Crippen LogP contribution in [0.25, 0.3) is 0 Å². The van der Waals surface area contributed by atoms with E-state index < -0.39 is 11.9 Å². The third kappa shape index (κ3) is 2.26. The summed E-state index contributed by atoms with van der Waals surface area (Å²) in [6.45, 7) is 0. The van der Waals surface area contributed by atoms with Crippen LogP contribution in [-0.2, 0) is 16.0 Å². The molecule has 0 aromatic carbocycles. The highest BCUT2D eigenvalue weighted by Gasteiger charge is 2.07. The molecule has 14 heavy (non-hydrogen) atoms. The van der Waals surface area contributed by atoms with Crippen molar-refractivity contribution in [2.24, 2.45) is 0 Å². The minimum absolute atomic E-state index is 0.0154. The molecule has 1 aromatic rings. The Morgan fingerprint density at radius 2 is 2.50 bits per heavy atom. The first-order valence-electron chi connectivity index (χ1n) is 3.78. The van der Waals surface area contributed by atoms with Gasteiger partial charge in [0.05, 0.1) is 13.5 Å². The topological polar surface area (TPSA) is 63.0 Å². The fourth-order valence-corrected chi connectivity index (χ4v) is 0.905. The number of carbonyl (C=O) groups is 1. The van der Waals surface area contributed by atoms with Crippen LogP contribution in [-0.4, -0.2) is 18.1 Å². The minimum Gasteiger partial charge on any atom is -0.469 e. The molecular formula is C9H7FN2O2. The summed E-state index contributed by atoms with van der Waals surface area (Å²) in [6, 6.07) is 2.91. The molecule has 0 amide bonds. The lowest BCUT2D eigenvalue weighted by atomic mass is 10.1. The second-order valence-electron chi connectivity index (χ2n) is 2.55. The molecule has 0 unspecified atom stereocenters. The largest absolute Gasteiger partial charge is 0.469 e. The first-order chi connectivity index (χ1) is 6.67. The molecule has 0 fully saturated rings. The number of nitriles is 1. The Morgan fingerprint density at radius 3 is 3.07 bits per heavy atom. The molecular weight excluding hydrogens is 187 g/mol. The zero-order chi connectivity index (χ0) is 10.6. The number of carbonyl (C=O) groups excluding carboxylic acids is 1. The molecule has 0 saturated carbocycles. The van der Waals surface area contributed by atoms with Crippen LogP contribution in [0, 0.1) is 17.3 Å². The van der Waals surface area contributed by atoms with E-state index in [2.05, 4.69) is 9.72 Å². The van der Waals surface area contributed by atoms with E-state index >= 15 is 0 Å². The lowest BCUT2D eigenvalue weighted by molar-refractivity contribution is -0.139. The third-order valence-corrected chi connectivity index (χ3v) is 1.59. The number of rotatable bonds is 2. The van der Waals surface area contributed by atoms with Gasteiger partial charge in [0.15, 0.2) is 0 Å².